The van der Waals surface area contributed by atoms with E-state index in [0.29, 0.717) is 15.0 Å². The fourth-order valence-electron chi connectivity index (χ4n) is 1.85. The van der Waals surface area contributed by atoms with Gasteiger partial charge >= 0.3 is 125 Å². The molecule has 104 valence electrons. The van der Waals surface area contributed by atoms with Gasteiger partial charge in [-0.3, -0.25) is 0 Å². The molecule has 0 aliphatic rings. The summed E-state index contributed by atoms with van der Waals surface area (Å²) in [5, 5.41) is 0. The van der Waals surface area contributed by atoms with E-state index in [1.165, 1.54) is 42.1 Å². The van der Waals surface area contributed by atoms with Gasteiger partial charge < -0.3 is 0 Å². The molecular weight excluding hydrogens is 295 g/mol. The van der Waals surface area contributed by atoms with Gasteiger partial charge in [0.2, 0.25) is 0 Å². The summed E-state index contributed by atoms with van der Waals surface area (Å²) >= 11 is 0.464. The van der Waals surface area contributed by atoms with Crippen molar-refractivity contribution in [3.8, 4) is 0 Å². The molecular formula is C18H26Se. The summed E-state index contributed by atoms with van der Waals surface area (Å²) in [6, 6.07) is 10.9. The Labute approximate surface area is 125 Å². The summed E-state index contributed by atoms with van der Waals surface area (Å²) in [6.45, 7) is 8.72. The molecule has 0 nitrogen and oxygen atoms in total. The summed E-state index contributed by atoms with van der Waals surface area (Å²) in [4.78, 5) is 0. The molecule has 0 spiro atoms. The zero-order valence-corrected chi connectivity index (χ0v) is 14.0. The van der Waals surface area contributed by atoms with Crippen molar-refractivity contribution >= 4 is 19.4 Å². The van der Waals surface area contributed by atoms with Crippen LogP contribution in [0.4, 0.5) is 0 Å². The molecule has 0 saturated heterocycles. The van der Waals surface area contributed by atoms with Gasteiger partial charge in [-0.2, -0.15) is 0 Å². The molecule has 0 unspecified atom stereocenters. The Balaban J connectivity index is 2.65. The van der Waals surface area contributed by atoms with Crippen LogP contribution in [0, 0.1) is 0 Å². The van der Waals surface area contributed by atoms with E-state index in [2.05, 4.69) is 56.8 Å². The third-order valence-electron chi connectivity index (χ3n) is 2.99. The molecule has 0 bridgehead atoms. The van der Waals surface area contributed by atoms with Crippen LogP contribution in [0.1, 0.15) is 52.4 Å². The van der Waals surface area contributed by atoms with Gasteiger partial charge in [-0.25, -0.2) is 0 Å². The first-order valence-electron chi connectivity index (χ1n) is 7.37. The van der Waals surface area contributed by atoms with Crippen LogP contribution >= 0.6 is 0 Å². The Morgan fingerprint density at radius 2 is 1.68 bits per heavy atom. The third-order valence-corrected chi connectivity index (χ3v) is 5.28. The van der Waals surface area contributed by atoms with Gasteiger partial charge in [-0.05, 0) is 0 Å². The Morgan fingerprint density at radius 3 is 2.32 bits per heavy atom. The van der Waals surface area contributed by atoms with E-state index < -0.39 is 0 Å². The topological polar surface area (TPSA) is 0 Å². The Kier molecular flexibility index (Phi) is 8.62. The van der Waals surface area contributed by atoms with Crippen molar-refractivity contribution in [2.24, 2.45) is 0 Å². The molecule has 0 atom stereocenters. The maximum atomic E-state index is 4.22. The van der Waals surface area contributed by atoms with E-state index in [-0.39, 0.29) is 0 Å². The average molecular weight is 321 g/mol. The van der Waals surface area contributed by atoms with Crippen molar-refractivity contribution in [2.45, 2.75) is 52.4 Å². The van der Waals surface area contributed by atoms with Gasteiger partial charge in [0.25, 0.3) is 0 Å². The van der Waals surface area contributed by atoms with Gasteiger partial charge in [0.1, 0.15) is 0 Å². The number of hydrogen-bond donors (Lipinski definition) is 0. The van der Waals surface area contributed by atoms with Crippen LogP contribution in [0.2, 0.25) is 0 Å². The van der Waals surface area contributed by atoms with E-state index in [1.54, 1.807) is 4.47 Å². The number of allylic oxidation sites excluding steroid dienone is 3. The predicted octanol–water partition coefficient (Wildman–Crippen LogP) is 4.84. The molecule has 0 heterocycles. The summed E-state index contributed by atoms with van der Waals surface area (Å²) in [7, 11) is 0. The van der Waals surface area contributed by atoms with Gasteiger partial charge in [0.15, 0.2) is 0 Å². The van der Waals surface area contributed by atoms with Gasteiger partial charge in [0, 0.05) is 0 Å². The van der Waals surface area contributed by atoms with Crippen molar-refractivity contribution in [3.63, 3.8) is 0 Å². The van der Waals surface area contributed by atoms with Crippen molar-refractivity contribution in [3.05, 3.63) is 53.0 Å². The second-order valence-electron chi connectivity index (χ2n) is 4.89. The van der Waals surface area contributed by atoms with E-state index in [9.17, 15) is 0 Å². The molecule has 1 aromatic rings. The molecule has 0 N–H and O–H groups in total. The SMILES string of the molecule is C=C(/C=C(\CCCC)[Se]c1ccccc1)CCCC. The van der Waals surface area contributed by atoms with E-state index >= 15 is 0 Å². The van der Waals surface area contributed by atoms with Crippen LogP contribution in [0.15, 0.2) is 53.0 Å². The fourth-order valence-corrected chi connectivity index (χ4v) is 4.09. The molecule has 19 heavy (non-hydrogen) atoms. The van der Waals surface area contributed by atoms with Crippen molar-refractivity contribution < 1.29 is 0 Å². The Morgan fingerprint density at radius 1 is 1.05 bits per heavy atom. The molecule has 1 rings (SSSR count). The first-order chi connectivity index (χ1) is 9.26. The van der Waals surface area contributed by atoms with Crippen molar-refractivity contribution in [1.82, 2.24) is 0 Å². The Hall–Kier alpha value is -0.781. The number of rotatable bonds is 9. The molecule has 0 aromatic heterocycles. The zero-order valence-electron chi connectivity index (χ0n) is 12.3. The van der Waals surface area contributed by atoms with E-state index in [0.717, 1.165) is 6.42 Å². The first kappa shape index (κ1) is 16.3. The van der Waals surface area contributed by atoms with Crippen LogP contribution in [-0.4, -0.2) is 15.0 Å². The zero-order chi connectivity index (χ0) is 13.9. The van der Waals surface area contributed by atoms with E-state index in [4.69, 9.17) is 0 Å². The van der Waals surface area contributed by atoms with Gasteiger partial charge in [0.05, 0.1) is 0 Å². The molecule has 0 aliphatic heterocycles. The van der Waals surface area contributed by atoms with Crippen molar-refractivity contribution in [2.75, 3.05) is 0 Å². The standard InChI is InChI=1S/C18H26Se/c1-4-6-11-16(3)15-18(12-7-5-2)19-17-13-9-8-10-14-17/h8-10,13-15H,3-7,11-12H2,1-2H3/b18-15+. The molecule has 0 amide bonds. The minimum absolute atomic E-state index is 0.464. The molecule has 0 saturated carbocycles. The second kappa shape index (κ2) is 10.1. The van der Waals surface area contributed by atoms with Crippen LogP contribution in [-0.2, 0) is 0 Å². The van der Waals surface area contributed by atoms with Crippen LogP contribution in [0.25, 0.3) is 0 Å². The summed E-state index contributed by atoms with van der Waals surface area (Å²) < 4.78 is 3.07. The summed E-state index contributed by atoms with van der Waals surface area (Å²) in [5.41, 5.74) is 1.31. The number of unbranched alkanes of at least 4 members (excludes halogenated alkanes) is 2. The maximum absolute atomic E-state index is 4.22. The van der Waals surface area contributed by atoms with E-state index in [1.807, 2.05) is 0 Å². The Bertz CT molecular complexity index is 389. The summed E-state index contributed by atoms with van der Waals surface area (Å²) in [6.07, 6.45) is 9.83. The normalized spacial score (nSPS) is 11.6. The summed E-state index contributed by atoms with van der Waals surface area (Å²) in [5.74, 6) is 0. The fraction of sp³-hybridized carbons (Fsp3) is 0.444. The van der Waals surface area contributed by atoms with Gasteiger partial charge in [-0.1, -0.05) is 0 Å². The number of benzene rings is 1. The number of hydrogen-bond acceptors (Lipinski definition) is 0. The second-order valence-corrected chi connectivity index (χ2v) is 7.41. The first-order valence-corrected chi connectivity index (χ1v) is 9.08. The quantitative estimate of drug-likeness (QED) is 0.451. The molecule has 0 radical (unpaired) electrons. The third kappa shape index (κ3) is 7.40. The molecule has 1 aromatic carbocycles. The van der Waals surface area contributed by atoms with Crippen molar-refractivity contribution in [1.29, 1.82) is 0 Å². The molecule has 1 heteroatoms. The molecule has 0 fully saturated rings. The average Bonchev–Trinajstić information content (AvgIpc) is 2.43. The predicted molar refractivity (Wildman–Crippen MR) is 88.1 cm³/mol. The minimum atomic E-state index is 0.464. The van der Waals surface area contributed by atoms with Crippen LogP contribution in [0.5, 0.6) is 0 Å². The van der Waals surface area contributed by atoms with Crippen LogP contribution < -0.4 is 4.46 Å². The van der Waals surface area contributed by atoms with Crippen LogP contribution in [0.3, 0.4) is 0 Å². The molecule has 0 aliphatic carbocycles. The van der Waals surface area contributed by atoms with Gasteiger partial charge in [-0.15, -0.1) is 0 Å². The monoisotopic (exact) mass is 322 g/mol.